The minimum absolute atomic E-state index is 0. The molecular formula is C29H29I2N7Na3O16PS5. The number of nitrogens with two attached hydrogens (primary N) is 2. The fraction of sp³-hybridized carbons (Fsp3) is 0.138. The molecule has 5 N–H and O–H groups in total. The summed E-state index contributed by atoms with van der Waals surface area (Å²) in [4.78, 5) is 11.4. The largest absolute Gasteiger partial charge is 1.00 e. The van der Waals surface area contributed by atoms with Crippen molar-refractivity contribution < 1.29 is 158 Å². The summed E-state index contributed by atoms with van der Waals surface area (Å²) in [5.74, 6) is -2.35. The van der Waals surface area contributed by atoms with Crippen molar-refractivity contribution in [2.75, 3.05) is 41.5 Å². The van der Waals surface area contributed by atoms with Gasteiger partial charge < -0.3 is 30.4 Å². The van der Waals surface area contributed by atoms with E-state index >= 15 is 0 Å². The maximum atomic E-state index is 13.0. The summed E-state index contributed by atoms with van der Waals surface area (Å²) < 4.78 is 164. The molecule has 0 aliphatic carbocycles. The maximum Gasteiger partial charge on any atom is 1.00 e. The van der Waals surface area contributed by atoms with Crippen molar-refractivity contribution in [1.82, 2.24) is 0 Å². The van der Waals surface area contributed by atoms with Crippen LogP contribution in [0.1, 0.15) is 10.4 Å². The van der Waals surface area contributed by atoms with Crippen LogP contribution in [0.25, 0.3) is 0 Å². The first-order valence-electron chi connectivity index (χ1n) is 15.9. The van der Waals surface area contributed by atoms with Gasteiger partial charge in [0.25, 0.3) is 5.91 Å². The summed E-state index contributed by atoms with van der Waals surface area (Å²) in [6, 6.07) is 15.3. The molecule has 0 saturated heterocycles. The number of carbonyl (C=O) groups excluding carboxylic acids is 1. The number of amides is 1. The zero-order chi connectivity index (χ0) is 46.0. The number of rotatable bonds is 17. The summed E-state index contributed by atoms with van der Waals surface area (Å²) in [7, 11) is -23.6. The van der Waals surface area contributed by atoms with E-state index in [9.17, 15) is 60.5 Å². The number of carbonyl (C=O) groups is 1. The van der Waals surface area contributed by atoms with Gasteiger partial charge in [0.15, 0.2) is 19.7 Å². The first-order chi connectivity index (χ1) is 28.1. The van der Waals surface area contributed by atoms with Gasteiger partial charge in [0.1, 0.15) is 21.5 Å². The maximum absolute atomic E-state index is 13.0. The number of nitrogens with zero attached hydrogens (tertiary/aromatic N) is 4. The Bertz CT molecular complexity index is 2890. The summed E-state index contributed by atoms with van der Waals surface area (Å²) >= 11 is 1.00. The second-order valence-corrected chi connectivity index (χ2v) is 29.9. The molecule has 328 valence electrons. The number of anilines is 3. The monoisotopic (exact) mass is 1250 g/mol. The van der Waals surface area contributed by atoms with Crippen molar-refractivity contribution in [2.45, 2.75) is 14.7 Å². The molecule has 1 atom stereocenters. The van der Waals surface area contributed by atoms with Crippen molar-refractivity contribution in [3.05, 3.63) is 84.4 Å². The molecule has 0 bridgehead atoms. The van der Waals surface area contributed by atoms with E-state index in [4.69, 9.17) is 12.1 Å². The van der Waals surface area contributed by atoms with Gasteiger partial charge >= 0.3 is 131 Å². The van der Waals surface area contributed by atoms with Crippen LogP contribution in [0.3, 0.4) is 0 Å². The molecule has 4 rings (SSSR count). The van der Waals surface area contributed by atoms with Crippen LogP contribution in [0, 0.1) is 0 Å². The second-order valence-electron chi connectivity index (χ2n) is 11.1. The quantitative estimate of drug-likeness (QED) is 0.0170. The van der Waals surface area contributed by atoms with Crippen LogP contribution in [0.5, 0.6) is 0 Å². The molecule has 1 amide bonds. The number of hydrogen-bond acceptors (Lipinski definition) is 22. The molecule has 34 heteroatoms. The Labute approximate surface area is 451 Å². The molecule has 63 heavy (non-hydrogen) atoms. The van der Waals surface area contributed by atoms with E-state index in [2.05, 4.69) is 59.6 Å². The topological polar surface area (TPSA) is 389 Å². The van der Waals surface area contributed by atoms with Crippen LogP contribution in [-0.4, -0.2) is 87.0 Å². The Hall–Kier alpha value is -0.410. The molecule has 23 nitrogen and oxygen atoms in total. The fourth-order valence-corrected chi connectivity index (χ4v) is 7.97. The predicted molar refractivity (Wildman–Crippen MR) is 233 cm³/mol. The molecule has 1 unspecified atom stereocenters. The molecule has 0 saturated carbocycles. The Morgan fingerprint density at radius 3 is 1.62 bits per heavy atom. The standard InChI is InChI=1S/C29H29N7O16S5.H3I2P.3Na/c30-26-24(17-25(55(42,43)44)27(31)28(26)36-33-20-6-10-23(11-7-20)54(40,41)15-13-52-57(48,49)50)35-34-21-3-1-2-18(16-21)29(37)32-19-4-8-22(9-5-19)53(38,39)14-12-51-56(45,46)47;1-2-3;;;/h1-11,16-17H,12-15,30-31H2,(H,32,37)(H,42,43,44)(H,45,46,47)(H,48,49,50);2H,3H2;;;/q;;3*+1/p-3/i;2D;;;. The summed E-state index contributed by atoms with van der Waals surface area (Å²) in [5.41, 5.74) is 10.2. The third-order valence-electron chi connectivity index (χ3n) is 7.06. The van der Waals surface area contributed by atoms with E-state index in [1.54, 1.807) is 0 Å². The van der Waals surface area contributed by atoms with Crippen LogP contribution in [0.15, 0.2) is 114 Å². The number of nitrogens with one attached hydrogen (secondary N) is 1. The molecule has 0 heterocycles. The van der Waals surface area contributed by atoms with Gasteiger partial charge in [-0.1, -0.05) is 6.07 Å². The number of hydrogen-bond donors (Lipinski definition) is 3. The molecule has 4 aromatic carbocycles. The van der Waals surface area contributed by atoms with E-state index in [-0.39, 0.29) is 121 Å². The Balaban J connectivity index is 0.00000543. The Kier molecular flexibility index (Phi) is 26.5. The molecule has 0 aromatic heterocycles. The van der Waals surface area contributed by atoms with E-state index in [1.165, 1.54) is 36.4 Å². The average molecular weight is 1250 g/mol. The van der Waals surface area contributed by atoms with Crippen LogP contribution in [0.2, 0.25) is 0 Å². The van der Waals surface area contributed by atoms with Gasteiger partial charge in [0.2, 0.25) is 20.8 Å². The minimum atomic E-state index is -5.26. The zero-order valence-corrected chi connectivity index (χ0v) is 48.2. The third-order valence-corrected chi connectivity index (χ3v) is 12.2. The molecule has 0 fully saturated rings. The Morgan fingerprint density at radius 1 is 0.698 bits per heavy atom. The van der Waals surface area contributed by atoms with E-state index in [0.717, 1.165) is 42.5 Å². The molecule has 0 radical (unpaired) electrons. The molecule has 0 aliphatic rings. The van der Waals surface area contributed by atoms with Crippen molar-refractivity contribution in [3.63, 3.8) is 0 Å². The van der Waals surface area contributed by atoms with Gasteiger partial charge in [0, 0.05) is 11.3 Å². The first-order valence-corrected chi connectivity index (χ1v) is 33.3. The fourth-order valence-electron chi connectivity index (χ4n) is 4.39. The zero-order valence-electron chi connectivity index (χ0n) is 33.7. The van der Waals surface area contributed by atoms with Crippen molar-refractivity contribution in [2.24, 2.45) is 20.5 Å². The number of halogens is 2. The molecule has 0 spiro atoms. The number of benzene rings is 4. The van der Waals surface area contributed by atoms with Gasteiger partial charge in [-0.05, 0) is 72.8 Å². The summed E-state index contributed by atoms with van der Waals surface area (Å²) in [6.45, 7) is 0.649. The number of azo groups is 2. The van der Waals surface area contributed by atoms with Gasteiger partial charge in [-0.3, -0.25) is 13.2 Å². The average Bonchev–Trinajstić information content (AvgIpc) is 3.13. The van der Waals surface area contributed by atoms with Crippen LogP contribution in [0.4, 0.5) is 39.8 Å². The van der Waals surface area contributed by atoms with Crippen molar-refractivity contribution in [3.8, 4) is 0 Å². The first kappa shape index (κ1) is 60.6. The van der Waals surface area contributed by atoms with Gasteiger partial charge in [-0.15, -0.1) is 10.2 Å². The molecule has 0 aliphatic heterocycles. The minimum Gasteiger partial charge on any atom is 1.00 e. The van der Waals surface area contributed by atoms with E-state index < -0.39 is 125 Å². The molecular weight excluding hydrogens is 1220 g/mol. The van der Waals surface area contributed by atoms with Crippen molar-refractivity contribution >= 4 is 138 Å². The van der Waals surface area contributed by atoms with E-state index in [0.29, 0.717) is 0 Å². The number of sulfone groups is 2. The van der Waals surface area contributed by atoms with Crippen molar-refractivity contribution in [1.29, 1.82) is 0.594 Å². The SMILES string of the molecule is Nc1c(N=Nc2cccc(C(=O)Nc3ccc(S(=O)(=O)CCOS(=O)(=O)[O-])cc3)c2)cc(S(=O)(=O)[O-])c(N)c1N=Nc1ccc(S(=O)(=O)CCOS(=O)(=O)[O-])cc1.[2H]I(P)I.[Na+].[Na+].[Na+]. The van der Waals surface area contributed by atoms with Crippen LogP contribution >= 0.6 is 42.0 Å². The normalized spacial score (nSPS) is 12.5. The van der Waals surface area contributed by atoms with Crippen LogP contribution < -0.4 is 105 Å². The Morgan fingerprint density at radius 2 is 1.16 bits per heavy atom. The summed E-state index contributed by atoms with van der Waals surface area (Å²) in [5, 5.41) is 18.0. The van der Waals surface area contributed by atoms with Crippen LogP contribution in [-0.2, 0) is 59.0 Å². The second kappa shape index (κ2) is 27.6. The summed E-state index contributed by atoms with van der Waals surface area (Å²) in [6.07, 6.45) is 0. The number of nitrogen functional groups attached to an aromatic ring is 2. The predicted octanol–water partition coefficient (Wildman–Crippen LogP) is -4.82. The van der Waals surface area contributed by atoms with E-state index in [1.807, 2.05) is 0 Å². The smallest absolute Gasteiger partial charge is 1.00 e. The van der Waals surface area contributed by atoms with Gasteiger partial charge in [0.05, 0.1) is 62.2 Å². The third kappa shape index (κ3) is 21.2. The molecule has 4 aromatic rings. The van der Waals surface area contributed by atoms with Gasteiger partial charge in [-0.2, -0.15) is 10.2 Å². The van der Waals surface area contributed by atoms with Gasteiger partial charge in [-0.25, -0.2) is 42.1 Å².